The molecular weight excluding hydrogens is 228 g/mol. The standard InChI is InChI=1S/C12H20N6/c1-4-7-18-11(5-6-14-18)12(15-13)10-8-17(3)16-9(10)2/h5-6,8,12,15H,4,7,13H2,1-3H3. The summed E-state index contributed by atoms with van der Waals surface area (Å²) in [6.45, 7) is 5.01. The Morgan fingerprint density at radius 3 is 2.83 bits per heavy atom. The lowest BCUT2D eigenvalue weighted by Crippen LogP contribution is -2.31. The van der Waals surface area contributed by atoms with Crippen molar-refractivity contribution in [2.24, 2.45) is 12.9 Å². The molecule has 0 saturated carbocycles. The molecule has 0 bridgehead atoms. The van der Waals surface area contributed by atoms with Crippen molar-refractivity contribution in [3.63, 3.8) is 0 Å². The SMILES string of the molecule is CCCn1nccc1C(NN)c1cn(C)nc1C. The molecule has 0 aromatic carbocycles. The fraction of sp³-hybridized carbons (Fsp3) is 0.500. The van der Waals surface area contributed by atoms with Gasteiger partial charge in [0.1, 0.15) is 0 Å². The molecule has 0 aliphatic heterocycles. The van der Waals surface area contributed by atoms with Crippen LogP contribution in [0, 0.1) is 6.92 Å². The summed E-state index contributed by atoms with van der Waals surface area (Å²) in [5.41, 5.74) is 5.98. The Kier molecular flexibility index (Phi) is 3.78. The van der Waals surface area contributed by atoms with Gasteiger partial charge in [0.25, 0.3) is 0 Å². The minimum absolute atomic E-state index is 0.0762. The minimum Gasteiger partial charge on any atom is -0.275 e. The van der Waals surface area contributed by atoms with Crippen molar-refractivity contribution in [1.29, 1.82) is 0 Å². The van der Waals surface area contributed by atoms with Gasteiger partial charge in [-0.2, -0.15) is 10.2 Å². The van der Waals surface area contributed by atoms with Crippen LogP contribution in [-0.2, 0) is 13.6 Å². The number of aryl methyl sites for hydroxylation is 3. The summed E-state index contributed by atoms with van der Waals surface area (Å²) in [5, 5.41) is 8.69. The van der Waals surface area contributed by atoms with E-state index in [1.807, 2.05) is 30.9 Å². The lowest BCUT2D eigenvalue weighted by Gasteiger charge is -2.17. The van der Waals surface area contributed by atoms with Gasteiger partial charge in [-0.05, 0) is 19.4 Å². The van der Waals surface area contributed by atoms with Gasteiger partial charge in [-0.1, -0.05) is 6.92 Å². The van der Waals surface area contributed by atoms with Crippen molar-refractivity contribution < 1.29 is 0 Å². The molecule has 0 saturated heterocycles. The highest BCUT2D eigenvalue weighted by Gasteiger charge is 2.20. The van der Waals surface area contributed by atoms with Crippen LogP contribution in [0.1, 0.15) is 36.3 Å². The van der Waals surface area contributed by atoms with Crippen LogP contribution in [0.4, 0.5) is 0 Å². The van der Waals surface area contributed by atoms with Gasteiger partial charge < -0.3 is 0 Å². The molecule has 0 aliphatic rings. The summed E-state index contributed by atoms with van der Waals surface area (Å²) in [4.78, 5) is 0. The molecule has 0 amide bonds. The van der Waals surface area contributed by atoms with Gasteiger partial charge in [-0.15, -0.1) is 0 Å². The van der Waals surface area contributed by atoms with Gasteiger partial charge in [0.15, 0.2) is 0 Å². The number of hydrogen-bond donors (Lipinski definition) is 2. The Labute approximate surface area is 107 Å². The van der Waals surface area contributed by atoms with E-state index in [0.29, 0.717) is 0 Å². The molecule has 18 heavy (non-hydrogen) atoms. The van der Waals surface area contributed by atoms with Crippen molar-refractivity contribution >= 4 is 0 Å². The summed E-state index contributed by atoms with van der Waals surface area (Å²) in [6, 6.07) is 1.92. The average molecular weight is 248 g/mol. The van der Waals surface area contributed by atoms with Gasteiger partial charge >= 0.3 is 0 Å². The highest BCUT2D eigenvalue weighted by atomic mass is 15.3. The zero-order chi connectivity index (χ0) is 13.1. The van der Waals surface area contributed by atoms with Gasteiger partial charge in [0.2, 0.25) is 0 Å². The van der Waals surface area contributed by atoms with E-state index in [4.69, 9.17) is 5.84 Å². The predicted molar refractivity (Wildman–Crippen MR) is 69.6 cm³/mol. The molecule has 3 N–H and O–H groups in total. The number of nitrogens with two attached hydrogens (primary N) is 1. The van der Waals surface area contributed by atoms with Crippen LogP contribution in [0.15, 0.2) is 18.5 Å². The zero-order valence-electron chi connectivity index (χ0n) is 11.1. The third kappa shape index (κ3) is 2.30. The number of nitrogens with one attached hydrogen (secondary N) is 1. The Bertz CT molecular complexity index is 512. The molecular formula is C12H20N6. The molecule has 2 rings (SSSR count). The summed E-state index contributed by atoms with van der Waals surface area (Å²) < 4.78 is 3.78. The van der Waals surface area contributed by atoms with Crippen molar-refractivity contribution in [2.75, 3.05) is 0 Å². The summed E-state index contributed by atoms with van der Waals surface area (Å²) in [5.74, 6) is 5.71. The molecule has 2 aromatic heterocycles. The Hall–Kier alpha value is -1.66. The first-order valence-corrected chi connectivity index (χ1v) is 6.15. The number of hydrazine groups is 1. The van der Waals surface area contributed by atoms with Crippen LogP contribution in [-0.4, -0.2) is 19.6 Å². The maximum absolute atomic E-state index is 5.71. The third-order valence-corrected chi connectivity index (χ3v) is 3.01. The monoisotopic (exact) mass is 248 g/mol. The fourth-order valence-electron chi connectivity index (χ4n) is 2.22. The molecule has 6 heteroatoms. The van der Waals surface area contributed by atoms with Gasteiger partial charge in [0.05, 0.1) is 17.4 Å². The molecule has 0 spiro atoms. The zero-order valence-corrected chi connectivity index (χ0v) is 11.1. The highest BCUT2D eigenvalue weighted by Crippen LogP contribution is 2.23. The van der Waals surface area contributed by atoms with Crippen molar-refractivity contribution in [3.8, 4) is 0 Å². The number of aromatic nitrogens is 4. The van der Waals surface area contributed by atoms with Crippen molar-refractivity contribution in [3.05, 3.63) is 35.4 Å². The number of hydrogen-bond acceptors (Lipinski definition) is 4. The summed E-state index contributed by atoms with van der Waals surface area (Å²) >= 11 is 0. The van der Waals surface area contributed by atoms with E-state index in [0.717, 1.165) is 29.9 Å². The second-order valence-corrected chi connectivity index (χ2v) is 4.42. The first-order chi connectivity index (χ1) is 8.67. The van der Waals surface area contributed by atoms with Crippen LogP contribution in [0.3, 0.4) is 0 Å². The third-order valence-electron chi connectivity index (χ3n) is 3.01. The predicted octanol–water partition coefficient (Wildman–Crippen LogP) is 0.888. The van der Waals surface area contributed by atoms with E-state index < -0.39 is 0 Å². The number of nitrogens with zero attached hydrogens (tertiary/aromatic N) is 4. The van der Waals surface area contributed by atoms with E-state index in [1.165, 1.54) is 0 Å². The second kappa shape index (κ2) is 5.32. The molecule has 6 nitrogen and oxygen atoms in total. The number of rotatable bonds is 5. The average Bonchev–Trinajstić information content (AvgIpc) is 2.89. The normalized spacial score (nSPS) is 12.9. The quantitative estimate of drug-likeness (QED) is 0.608. The maximum atomic E-state index is 5.71. The molecule has 1 atom stereocenters. The van der Waals surface area contributed by atoms with Crippen LogP contribution < -0.4 is 11.3 Å². The molecule has 0 aliphatic carbocycles. The Balaban J connectivity index is 2.39. The topological polar surface area (TPSA) is 73.7 Å². The van der Waals surface area contributed by atoms with E-state index in [9.17, 15) is 0 Å². The van der Waals surface area contributed by atoms with E-state index >= 15 is 0 Å². The van der Waals surface area contributed by atoms with Crippen molar-refractivity contribution in [2.45, 2.75) is 32.9 Å². The van der Waals surface area contributed by atoms with E-state index in [1.54, 1.807) is 10.9 Å². The fourth-order valence-corrected chi connectivity index (χ4v) is 2.22. The minimum atomic E-state index is -0.0762. The molecule has 98 valence electrons. The smallest absolute Gasteiger partial charge is 0.0911 e. The molecule has 0 fully saturated rings. The van der Waals surface area contributed by atoms with Gasteiger partial charge in [-0.25, -0.2) is 5.43 Å². The van der Waals surface area contributed by atoms with E-state index in [2.05, 4.69) is 22.5 Å². The first-order valence-electron chi connectivity index (χ1n) is 6.15. The maximum Gasteiger partial charge on any atom is 0.0911 e. The second-order valence-electron chi connectivity index (χ2n) is 4.42. The molecule has 0 radical (unpaired) electrons. The van der Waals surface area contributed by atoms with Crippen molar-refractivity contribution in [1.82, 2.24) is 25.0 Å². The lowest BCUT2D eigenvalue weighted by molar-refractivity contribution is 0.520. The first kappa shape index (κ1) is 12.8. The van der Waals surface area contributed by atoms with E-state index in [-0.39, 0.29) is 6.04 Å². The van der Waals surface area contributed by atoms with Gasteiger partial charge in [-0.3, -0.25) is 15.2 Å². The van der Waals surface area contributed by atoms with Crippen LogP contribution >= 0.6 is 0 Å². The van der Waals surface area contributed by atoms with Crippen LogP contribution in [0.5, 0.6) is 0 Å². The molecule has 1 unspecified atom stereocenters. The molecule has 2 aromatic rings. The highest BCUT2D eigenvalue weighted by molar-refractivity contribution is 5.28. The summed E-state index contributed by atoms with van der Waals surface area (Å²) in [7, 11) is 1.91. The van der Waals surface area contributed by atoms with Crippen LogP contribution in [0.2, 0.25) is 0 Å². The molecule has 2 heterocycles. The largest absolute Gasteiger partial charge is 0.275 e. The Morgan fingerprint density at radius 1 is 1.50 bits per heavy atom. The van der Waals surface area contributed by atoms with Gasteiger partial charge in [0, 0.05) is 31.5 Å². The summed E-state index contributed by atoms with van der Waals surface area (Å²) in [6.07, 6.45) is 4.84. The lowest BCUT2D eigenvalue weighted by atomic mass is 10.1. The Morgan fingerprint density at radius 2 is 2.28 bits per heavy atom. The van der Waals surface area contributed by atoms with Crippen LogP contribution in [0.25, 0.3) is 0 Å².